The third-order valence-corrected chi connectivity index (χ3v) is 5.15. The van der Waals surface area contributed by atoms with Crippen LogP contribution >= 0.6 is 11.3 Å². The topological polar surface area (TPSA) is 96.8 Å². The van der Waals surface area contributed by atoms with E-state index in [0.717, 1.165) is 16.8 Å². The van der Waals surface area contributed by atoms with Gasteiger partial charge in [-0.05, 0) is 31.2 Å². The zero-order valence-corrected chi connectivity index (χ0v) is 15.9. The first-order valence-electron chi connectivity index (χ1n) is 8.56. The predicted molar refractivity (Wildman–Crippen MR) is 104 cm³/mol. The molecule has 7 nitrogen and oxygen atoms in total. The zero-order chi connectivity index (χ0) is 19.5. The van der Waals surface area contributed by atoms with Crippen molar-refractivity contribution in [3.05, 3.63) is 46.0 Å². The molecule has 2 aromatic heterocycles. The Morgan fingerprint density at radius 3 is 2.93 bits per heavy atom. The van der Waals surface area contributed by atoms with Crippen molar-refractivity contribution >= 4 is 23.0 Å². The molecule has 4 rings (SSSR count). The SMILES string of the molecule is Cc1csc(C(C#N)=Cc2cn(CCC#N)nc2-c2ccc3c(c2)OCO3)n1. The number of rotatable bonds is 5. The van der Waals surface area contributed by atoms with E-state index in [1.54, 1.807) is 10.8 Å². The quantitative estimate of drug-likeness (QED) is 0.611. The molecule has 8 heteroatoms. The first kappa shape index (κ1) is 17.8. The van der Waals surface area contributed by atoms with Gasteiger partial charge in [0.2, 0.25) is 6.79 Å². The summed E-state index contributed by atoms with van der Waals surface area (Å²) in [6.07, 6.45) is 3.98. The van der Waals surface area contributed by atoms with Gasteiger partial charge in [0.05, 0.1) is 30.3 Å². The third-order valence-electron chi connectivity index (χ3n) is 4.16. The molecule has 1 aliphatic rings. The minimum absolute atomic E-state index is 0.199. The van der Waals surface area contributed by atoms with E-state index < -0.39 is 0 Å². The van der Waals surface area contributed by atoms with Gasteiger partial charge in [-0.3, -0.25) is 4.68 Å². The van der Waals surface area contributed by atoms with Crippen molar-refractivity contribution in [2.45, 2.75) is 19.9 Å². The standard InChI is InChI=1S/C20H15N5O2S/c1-13-11-28-20(23-13)15(9-22)7-16-10-25(6-2-5-21)24-19(16)14-3-4-17-18(8-14)27-12-26-17/h3-4,7-8,10-11H,2,6,12H2,1H3. The van der Waals surface area contributed by atoms with Gasteiger partial charge in [-0.15, -0.1) is 11.3 Å². The lowest BCUT2D eigenvalue weighted by atomic mass is 10.1. The Labute approximate surface area is 165 Å². The number of hydrogen-bond acceptors (Lipinski definition) is 7. The molecule has 138 valence electrons. The maximum Gasteiger partial charge on any atom is 0.231 e. The highest BCUT2D eigenvalue weighted by Gasteiger charge is 2.18. The summed E-state index contributed by atoms with van der Waals surface area (Å²) in [5.74, 6) is 1.36. The average Bonchev–Trinajstić information content (AvgIpc) is 3.43. The number of thiazole rings is 1. The van der Waals surface area contributed by atoms with Gasteiger partial charge in [0.1, 0.15) is 11.1 Å². The molecule has 1 aliphatic heterocycles. The van der Waals surface area contributed by atoms with Gasteiger partial charge in [0.15, 0.2) is 11.5 Å². The van der Waals surface area contributed by atoms with Crippen LogP contribution in [-0.2, 0) is 6.54 Å². The largest absolute Gasteiger partial charge is 0.454 e. The third kappa shape index (κ3) is 3.46. The summed E-state index contributed by atoms with van der Waals surface area (Å²) in [5.41, 5.74) is 3.68. The summed E-state index contributed by atoms with van der Waals surface area (Å²) in [6, 6.07) is 9.97. The van der Waals surface area contributed by atoms with Crippen LogP contribution in [0.4, 0.5) is 0 Å². The summed E-state index contributed by atoms with van der Waals surface area (Å²) in [4.78, 5) is 4.41. The second-order valence-electron chi connectivity index (χ2n) is 6.14. The van der Waals surface area contributed by atoms with E-state index >= 15 is 0 Å². The highest BCUT2D eigenvalue weighted by Crippen LogP contribution is 2.37. The number of nitriles is 2. The molecular formula is C20H15N5O2S. The van der Waals surface area contributed by atoms with Crippen molar-refractivity contribution in [1.82, 2.24) is 14.8 Å². The Bertz CT molecular complexity index is 1150. The van der Waals surface area contributed by atoms with E-state index in [2.05, 4.69) is 22.2 Å². The van der Waals surface area contributed by atoms with Crippen molar-refractivity contribution in [3.63, 3.8) is 0 Å². The number of ether oxygens (including phenoxy) is 2. The van der Waals surface area contributed by atoms with Crippen molar-refractivity contribution in [1.29, 1.82) is 10.5 Å². The molecule has 0 bridgehead atoms. The van der Waals surface area contributed by atoms with E-state index in [4.69, 9.17) is 14.7 Å². The fourth-order valence-corrected chi connectivity index (χ4v) is 3.63. The van der Waals surface area contributed by atoms with Crippen LogP contribution in [0.15, 0.2) is 29.8 Å². The Kier molecular flexibility index (Phi) is 4.79. The molecule has 0 atom stereocenters. The number of fused-ring (bicyclic) bond motifs is 1. The highest BCUT2D eigenvalue weighted by molar-refractivity contribution is 7.11. The van der Waals surface area contributed by atoms with Gasteiger partial charge in [-0.25, -0.2) is 4.98 Å². The molecule has 3 heterocycles. The Morgan fingerprint density at radius 2 is 2.18 bits per heavy atom. The molecule has 0 saturated heterocycles. The Hall–Kier alpha value is -3.62. The summed E-state index contributed by atoms with van der Waals surface area (Å²) in [6.45, 7) is 2.57. The highest BCUT2D eigenvalue weighted by atomic mass is 32.1. The van der Waals surface area contributed by atoms with Crippen LogP contribution in [0.1, 0.15) is 22.7 Å². The van der Waals surface area contributed by atoms with Crippen molar-refractivity contribution in [3.8, 4) is 34.9 Å². The van der Waals surface area contributed by atoms with Crippen LogP contribution in [0.5, 0.6) is 11.5 Å². The van der Waals surface area contributed by atoms with Crippen molar-refractivity contribution in [2.75, 3.05) is 6.79 Å². The lowest BCUT2D eigenvalue weighted by molar-refractivity contribution is 0.174. The van der Waals surface area contributed by atoms with E-state index in [0.29, 0.717) is 40.7 Å². The normalized spacial score (nSPS) is 12.6. The lowest BCUT2D eigenvalue weighted by Crippen LogP contribution is -1.97. The predicted octanol–water partition coefficient (Wildman–Crippen LogP) is 4.02. The number of aryl methyl sites for hydroxylation is 2. The average molecular weight is 389 g/mol. The van der Waals surface area contributed by atoms with Gasteiger partial charge < -0.3 is 9.47 Å². The van der Waals surface area contributed by atoms with E-state index in [1.165, 1.54) is 11.3 Å². The fourth-order valence-electron chi connectivity index (χ4n) is 2.86. The van der Waals surface area contributed by atoms with Crippen LogP contribution in [0, 0.1) is 29.6 Å². The van der Waals surface area contributed by atoms with Crippen LogP contribution in [0.25, 0.3) is 22.9 Å². The number of allylic oxidation sites excluding steroid dienone is 1. The molecule has 0 unspecified atom stereocenters. The molecule has 0 radical (unpaired) electrons. The van der Waals surface area contributed by atoms with E-state index in [-0.39, 0.29) is 6.79 Å². The fraction of sp³-hybridized carbons (Fsp3) is 0.200. The minimum Gasteiger partial charge on any atom is -0.454 e. The van der Waals surface area contributed by atoms with Crippen LogP contribution in [-0.4, -0.2) is 21.6 Å². The second kappa shape index (κ2) is 7.55. The smallest absolute Gasteiger partial charge is 0.231 e. The van der Waals surface area contributed by atoms with Gasteiger partial charge >= 0.3 is 0 Å². The molecule has 3 aromatic rings. The van der Waals surface area contributed by atoms with Crippen LogP contribution in [0.2, 0.25) is 0 Å². The summed E-state index contributed by atoms with van der Waals surface area (Å²) in [7, 11) is 0. The number of aromatic nitrogens is 3. The summed E-state index contributed by atoms with van der Waals surface area (Å²) >= 11 is 1.43. The summed E-state index contributed by atoms with van der Waals surface area (Å²) < 4.78 is 12.6. The van der Waals surface area contributed by atoms with Crippen molar-refractivity contribution < 1.29 is 9.47 Å². The van der Waals surface area contributed by atoms with Gasteiger partial charge in [0, 0.05) is 28.4 Å². The second-order valence-corrected chi connectivity index (χ2v) is 6.99. The summed E-state index contributed by atoms with van der Waals surface area (Å²) in [5, 5.41) is 25.7. The van der Waals surface area contributed by atoms with Crippen molar-refractivity contribution in [2.24, 2.45) is 0 Å². The molecule has 0 fully saturated rings. The Balaban J connectivity index is 1.79. The van der Waals surface area contributed by atoms with E-state index in [1.807, 2.05) is 36.7 Å². The number of nitrogens with zero attached hydrogens (tertiary/aromatic N) is 5. The van der Waals surface area contributed by atoms with Crippen LogP contribution in [0.3, 0.4) is 0 Å². The molecule has 0 amide bonds. The van der Waals surface area contributed by atoms with Gasteiger partial charge in [-0.2, -0.15) is 15.6 Å². The van der Waals surface area contributed by atoms with E-state index in [9.17, 15) is 5.26 Å². The Morgan fingerprint density at radius 1 is 1.32 bits per heavy atom. The molecule has 0 saturated carbocycles. The van der Waals surface area contributed by atoms with Crippen LogP contribution < -0.4 is 9.47 Å². The first-order chi connectivity index (χ1) is 13.7. The molecular weight excluding hydrogens is 374 g/mol. The number of hydrogen-bond donors (Lipinski definition) is 0. The molecule has 0 aliphatic carbocycles. The maximum atomic E-state index is 9.63. The lowest BCUT2D eigenvalue weighted by Gasteiger charge is -2.02. The minimum atomic E-state index is 0.199. The monoisotopic (exact) mass is 389 g/mol. The number of benzene rings is 1. The van der Waals surface area contributed by atoms with Gasteiger partial charge in [-0.1, -0.05) is 0 Å². The maximum absolute atomic E-state index is 9.63. The molecule has 1 aromatic carbocycles. The first-order valence-corrected chi connectivity index (χ1v) is 9.44. The zero-order valence-electron chi connectivity index (χ0n) is 15.0. The molecule has 0 N–H and O–H groups in total. The molecule has 28 heavy (non-hydrogen) atoms. The van der Waals surface area contributed by atoms with Gasteiger partial charge in [0.25, 0.3) is 0 Å². The molecule has 0 spiro atoms.